The van der Waals surface area contributed by atoms with E-state index < -0.39 is 0 Å². The van der Waals surface area contributed by atoms with Gasteiger partial charge in [0.2, 0.25) is 0 Å². The van der Waals surface area contributed by atoms with Crippen molar-refractivity contribution in [2.24, 2.45) is 5.84 Å². The number of rotatable bonds is 4. The van der Waals surface area contributed by atoms with E-state index in [0.29, 0.717) is 31.3 Å². The summed E-state index contributed by atoms with van der Waals surface area (Å²) < 4.78 is 5.00. The number of aromatic nitrogens is 2. The highest BCUT2D eigenvalue weighted by molar-refractivity contribution is 5.67. The van der Waals surface area contributed by atoms with Gasteiger partial charge in [-0.15, -0.1) is 0 Å². The fraction of sp³-hybridized carbons (Fsp3) is 0.615. The Labute approximate surface area is 124 Å². The van der Waals surface area contributed by atoms with Crippen LogP contribution < -0.4 is 16.6 Å². The molecule has 8 nitrogen and oxygen atoms in total. The van der Waals surface area contributed by atoms with Crippen molar-refractivity contribution in [3.05, 3.63) is 11.9 Å². The van der Waals surface area contributed by atoms with Gasteiger partial charge in [0.1, 0.15) is 17.5 Å². The van der Waals surface area contributed by atoms with E-state index >= 15 is 0 Å². The number of amides is 1. The molecular formula is C13H22N6O2. The van der Waals surface area contributed by atoms with E-state index in [1.54, 1.807) is 11.0 Å². The van der Waals surface area contributed by atoms with Gasteiger partial charge in [-0.1, -0.05) is 0 Å². The lowest BCUT2D eigenvalue weighted by Gasteiger charge is -2.31. The van der Waals surface area contributed by atoms with E-state index in [-0.39, 0.29) is 12.1 Å². The average molecular weight is 294 g/mol. The van der Waals surface area contributed by atoms with E-state index in [2.05, 4.69) is 20.7 Å². The largest absolute Gasteiger partial charge is 0.450 e. The molecule has 0 bridgehead atoms. The van der Waals surface area contributed by atoms with Crippen molar-refractivity contribution >= 4 is 17.7 Å². The molecule has 1 aliphatic rings. The van der Waals surface area contributed by atoms with Gasteiger partial charge in [-0.2, -0.15) is 0 Å². The highest BCUT2D eigenvalue weighted by atomic mass is 16.6. The fourth-order valence-electron chi connectivity index (χ4n) is 2.35. The number of anilines is 2. The van der Waals surface area contributed by atoms with Gasteiger partial charge in [-0.3, -0.25) is 0 Å². The van der Waals surface area contributed by atoms with Gasteiger partial charge in [0.15, 0.2) is 0 Å². The van der Waals surface area contributed by atoms with Crippen LogP contribution in [0.1, 0.15) is 25.6 Å². The second kappa shape index (κ2) is 7.07. The number of carbonyl (C=O) groups excluding carboxylic acids is 1. The number of carbonyl (C=O) groups is 1. The molecular weight excluding hydrogens is 272 g/mol. The lowest BCUT2D eigenvalue weighted by Crippen LogP contribution is -2.42. The van der Waals surface area contributed by atoms with Crippen LogP contribution >= 0.6 is 0 Å². The van der Waals surface area contributed by atoms with Gasteiger partial charge in [0, 0.05) is 25.2 Å². The maximum Gasteiger partial charge on any atom is 0.409 e. The van der Waals surface area contributed by atoms with Crippen molar-refractivity contribution in [3.63, 3.8) is 0 Å². The third-order valence-corrected chi connectivity index (χ3v) is 3.36. The highest BCUT2D eigenvalue weighted by Gasteiger charge is 2.23. The molecule has 8 heteroatoms. The number of nitrogens with one attached hydrogen (secondary N) is 2. The lowest BCUT2D eigenvalue weighted by atomic mass is 10.1. The Hall–Kier alpha value is -2.09. The molecule has 1 aromatic rings. The third-order valence-electron chi connectivity index (χ3n) is 3.36. The van der Waals surface area contributed by atoms with Gasteiger partial charge < -0.3 is 20.4 Å². The first-order valence-corrected chi connectivity index (χ1v) is 7.13. The Morgan fingerprint density at radius 2 is 2.10 bits per heavy atom. The summed E-state index contributed by atoms with van der Waals surface area (Å²) >= 11 is 0. The quantitative estimate of drug-likeness (QED) is 0.564. The minimum Gasteiger partial charge on any atom is -0.450 e. The Morgan fingerprint density at radius 3 is 2.71 bits per heavy atom. The van der Waals surface area contributed by atoms with Crippen molar-refractivity contribution in [1.82, 2.24) is 14.9 Å². The van der Waals surface area contributed by atoms with Crippen LogP contribution in [0.5, 0.6) is 0 Å². The molecule has 1 saturated heterocycles. The summed E-state index contributed by atoms with van der Waals surface area (Å²) in [5.74, 6) is 7.34. The summed E-state index contributed by atoms with van der Waals surface area (Å²) in [7, 11) is 0. The second-order valence-corrected chi connectivity index (χ2v) is 4.93. The van der Waals surface area contributed by atoms with Crippen molar-refractivity contribution < 1.29 is 9.53 Å². The molecule has 0 aromatic carbocycles. The van der Waals surface area contributed by atoms with Crippen molar-refractivity contribution in [3.8, 4) is 0 Å². The molecule has 21 heavy (non-hydrogen) atoms. The topological polar surface area (TPSA) is 105 Å². The van der Waals surface area contributed by atoms with Gasteiger partial charge in [-0.05, 0) is 26.7 Å². The summed E-state index contributed by atoms with van der Waals surface area (Å²) in [6.07, 6.45) is 1.48. The van der Waals surface area contributed by atoms with E-state index in [9.17, 15) is 4.79 Å². The van der Waals surface area contributed by atoms with Gasteiger partial charge in [-0.25, -0.2) is 20.6 Å². The summed E-state index contributed by atoms with van der Waals surface area (Å²) in [6.45, 7) is 5.40. The molecule has 0 saturated carbocycles. The predicted octanol–water partition coefficient (Wildman–Crippen LogP) is 1.10. The number of nitrogens with two attached hydrogens (primary N) is 1. The molecule has 2 rings (SSSR count). The molecule has 2 heterocycles. The molecule has 0 radical (unpaired) electrons. The number of nitrogen functional groups attached to an aromatic ring is 1. The standard InChI is InChI=1S/C13H22N6O2/c1-3-21-13(20)19-6-4-10(5-7-19)17-11-8-12(18-14)16-9(2)15-11/h8,10H,3-7,14H2,1-2H3,(H2,15,16,17,18). The second-order valence-electron chi connectivity index (χ2n) is 4.93. The molecule has 0 aliphatic carbocycles. The monoisotopic (exact) mass is 294 g/mol. The van der Waals surface area contributed by atoms with E-state index in [0.717, 1.165) is 18.7 Å². The highest BCUT2D eigenvalue weighted by Crippen LogP contribution is 2.17. The van der Waals surface area contributed by atoms with Gasteiger partial charge >= 0.3 is 6.09 Å². The minimum absolute atomic E-state index is 0.233. The molecule has 0 atom stereocenters. The Balaban J connectivity index is 1.89. The number of hydrogen-bond donors (Lipinski definition) is 3. The zero-order chi connectivity index (χ0) is 15.2. The summed E-state index contributed by atoms with van der Waals surface area (Å²) in [4.78, 5) is 21.8. The number of hydrogen-bond acceptors (Lipinski definition) is 7. The molecule has 1 fully saturated rings. The fourth-order valence-corrected chi connectivity index (χ4v) is 2.35. The van der Waals surface area contributed by atoms with Gasteiger partial charge in [0.05, 0.1) is 6.61 Å². The molecule has 4 N–H and O–H groups in total. The first-order chi connectivity index (χ1) is 10.1. The molecule has 1 amide bonds. The van der Waals surface area contributed by atoms with E-state index in [4.69, 9.17) is 10.6 Å². The van der Waals surface area contributed by atoms with Crippen LogP contribution in [0, 0.1) is 6.92 Å². The third kappa shape index (κ3) is 4.19. The number of aryl methyl sites for hydroxylation is 1. The SMILES string of the molecule is CCOC(=O)N1CCC(Nc2cc(NN)nc(C)n2)CC1. The van der Waals surface area contributed by atoms with Crippen molar-refractivity contribution in [2.45, 2.75) is 32.7 Å². The normalized spacial score (nSPS) is 15.7. The first-order valence-electron chi connectivity index (χ1n) is 7.13. The van der Waals surface area contributed by atoms with Crippen LogP contribution in [0.15, 0.2) is 6.07 Å². The maximum absolute atomic E-state index is 11.6. The van der Waals surface area contributed by atoms with Crippen LogP contribution in [-0.4, -0.2) is 46.7 Å². The van der Waals surface area contributed by atoms with Crippen LogP contribution in [0.3, 0.4) is 0 Å². The number of hydrazine groups is 1. The first kappa shape index (κ1) is 15.3. The van der Waals surface area contributed by atoms with E-state index in [1.807, 2.05) is 13.8 Å². The molecule has 1 aliphatic heterocycles. The minimum atomic E-state index is -0.233. The smallest absolute Gasteiger partial charge is 0.409 e. The van der Waals surface area contributed by atoms with Crippen LogP contribution in [0.25, 0.3) is 0 Å². The summed E-state index contributed by atoms with van der Waals surface area (Å²) in [5.41, 5.74) is 2.52. The molecule has 0 unspecified atom stereocenters. The van der Waals surface area contributed by atoms with Crippen molar-refractivity contribution in [1.29, 1.82) is 0 Å². The van der Waals surface area contributed by atoms with Crippen LogP contribution in [0.4, 0.5) is 16.4 Å². The molecule has 116 valence electrons. The Bertz CT molecular complexity index is 488. The summed E-state index contributed by atoms with van der Waals surface area (Å²) in [5, 5.41) is 3.36. The zero-order valence-electron chi connectivity index (χ0n) is 12.4. The van der Waals surface area contributed by atoms with Crippen LogP contribution in [0.2, 0.25) is 0 Å². The number of likely N-dealkylation sites (tertiary alicyclic amines) is 1. The zero-order valence-corrected chi connectivity index (χ0v) is 12.4. The maximum atomic E-state index is 11.6. The number of piperidine rings is 1. The van der Waals surface area contributed by atoms with E-state index in [1.165, 1.54) is 0 Å². The van der Waals surface area contributed by atoms with Crippen molar-refractivity contribution in [2.75, 3.05) is 30.4 Å². The Morgan fingerprint density at radius 1 is 1.43 bits per heavy atom. The lowest BCUT2D eigenvalue weighted by molar-refractivity contribution is 0.0983. The Kier molecular flexibility index (Phi) is 5.15. The summed E-state index contributed by atoms with van der Waals surface area (Å²) in [6, 6.07) is 2.04. The average Bonchev–Trinajstić information content (AvgIpc) is 2.47. The number of nitrogens with zero attached hydrogens (tertiary/aromatic N) is 3. The number of ether oxygens (including phenoxy) is 1. The van der Waals surface area contributed by atoms with Gasteiger partial charge in [0.25, 0.3) is 0 Å². The molecule has 0 spiro atoms. The van der Waals surface area contributed by atoms with Crippen LogP contribution in [-0.2, 0) is 4.74 Å². The molecule has 1 aromatic heterocycles. The predicted molar refractivity (Wildman–Crippen MR) is 79.8 cm³/mol.